The number of unbranched alkanes of at least 4 members (excludes halogenated alkanes) is 2. The van der Waals surface area contributed by atoms with Crippen LogP contribution in [0, 0.1) is 17.7 Å². The number of halogens is 1. The third kappa shape index (κ3) is 5.85. The molecule has 108 valence electrons. The standard InChI is InChI=1S/C16H20FNO2/c1-2-3-4-7-16(20)18-12-14-11-13(6-5-10-19)8-9-15(14)17/h8-9,11,19H,2-4,7,10,12H2,1H3,(H,18,20). The van der Waals surface area contributed by atoms with E-state index in [0.717, 1.165) is 19.3 Å². The first-order valence-electron chi connectivity index (χ1n) is 6.82. The number of carbonyl (C=O) groups is 1. The Kier molecular flexibility index (Phi) is 7.38. The van der Waals surface area contributed by atoms with Gasteiger partial charge in [0.25, 0.3) is 0 Å². The van der Waals surface area contributed by atoms with Gasteiger partial charge in [0.15, 0.2) is 0 Å². The van der Waals surface area contributed by atoms with E-state index < -0.39 is 0 Å². The highest BCUT2D eigenvalue weighted by Crippen LogP contribution is 2.10. The minimum absolute atomic E-state index is 0.0651. The first-order chi connectivity index (χ1) is 9.67. The second kappa shape index (κ2) is 9.11. The third-order valence-electron chi connectivity index (χ3n) is 2.84. The highest BCUT2D eigenvalue weighted by atomic mass is 19.1. The number of rotatable bonds is 6. The van der Waals surface area contributed by atoms with Gasteiger partial charge in [0.05, 0.1) is 0 Å². The summed E-state index contributed by atoms with van der Waals surface area (Å²) in [6.07, 6.45) is 3.41. The number of carbonyl (C=O) groups excluding carboxylic acids is 1. The van der Waals surface area contributed by atoms with Gasteiger partial charge in [0.1, 0.15) is 12.4 Å². The summed E-state index contributed by atoms with van der Waals surface area (Å²) in [4.78, 5) is 11.6. The van der Waals surface area contributed by atoms with Crippen molar-refractivity contribution in [2.45, 2.75) is 39.2 Å². The molecule has 0 bridgehead atoms. The maximum atomic E-state index is 13.6. The van der Waals surface area contributed by atoms with Crippen LogP contribution in [0.15, 0.2) is 18.2 Å². The molecule has 0 aliphatic rings. The molecular weight excluding hydrogens is 257 g/mol. The van der Waals surface area contributed by atoms with Crippen molar-refractivity contribution in [3.05, 3.63) is 35.1 Å². The second-order valence-electron chi connectivity index (χ2n) is 4.50. The third-order valence-corrected chi connectivity index (χ3v) is 2.84. The molecule has 0 saturated heterocycles. The van der Waals surface area contributed by atoms with Crippen molar-refractivity contribution >= 4 is 5.91 Å². The summed E-state index contributed by atoms with van der Waals surface area (Å²) in [5, 5.41) is 11.3. The molecule has 1 rings (SSSR count). The van der Waals surface area contributed by atoms with E-state index >= 15 is 0 Å². The Hall–Kier alpha value is -1.86. The van der Waals surface area contributed by atoms with Crippen LogP contribution in [-0.2, 0) is 11.3 Å². The molecule has 1 aromatic carbocycles. The minimum Gasteiger partial charge on any atom is -0.384 e. The normalized spacial score (nSPS) is 9.75. The van der Waals surface area contributed by atoms with E-state index in [2.05, 4.69) is 24.1 Å². The van der Waals surface area contributed by atoms with Crippen LogP contribution in [0.1, 0.15) is 43.7 Å². The lowest BCUT2D eigenvalue weighted by atomic mass is 10.1. The second-order valence-corrected chi connectivity index (χ2v) is 4.50. The maximum absolute atomic E-state index is 13.6. The summed E-state index contributed by atoms with van der Waals surface area (Å²) in [5.74, 6) is 4.79. The first-order valence-corrected chi connectivity index (χ1v) is 6.82. The minimum atomic E-state index is -0.367. The zero-order valence-corrected chi connectivity index (χ0v) is 11.7. The molecule has 0 spiro atoms. The summed E-state index contributed by atoms with van der Waals surface area (Å²) in [5.41, 5.74) is 1.02. The van der Waals surface area contributed by atoms with Crippen molar-refractivity contribution in [3.63, 3.8) is 0 Å². The molecule has 0 aliphatic heterocycles. The van der Waals surface area contributed by atoms with E-state index in [4.69, 9.17) is 5.11 Å². The predicted molar refractivity (Wildman–Crippen MR) is 76.4 cm³/mol. The van der Waals surface area contributed by atoms with Gasteiger partial charge in [-0.15, -0.1) is 0 Å². The van der Waals surface area contributed by atoms with Gasteiger partial charge in [0, 0.05) is 24.1 Å². The molecule has 0 fully saturated rings. The number of hydrogen-bond donors (Lipinski definition) is 2. The summed E-state index contributed by atoms with van der Waals surface area (Å²) in [7, 11) is 0. The molecule has 4 heteroatoms. The van der Waals surface area contributed by atoms with Crippen LogP contribution in [-0.4, -0.2) is 17.6 Å². The molecule has 1 aromatic rings. The molecule has 2 N–H and O–H groups in total. The Morgan fingerprint density at radius 1 is 1.40 bits per heavy atom. The van der Waals surface area contributed by atoms with E-state index in [-0.39, 0.29) is 24.9 Å². The number of hydrogen-bond acceptors (Lipinski definition) is 2. The van der Waals surface area contributed by atoms with Gasteiger partial charge < -0.3 is 10.4 Å². The van der Waals surface area contributed by atoms with Crippen LogP contribution >= 0.6 is 0 Å². The van der Waals surface area contributed by atoms with Crippen LogP contribution in [0.2, 0.25) is 0 Å². The lowest BCUT2D eigenvalue weighted by Crippen LogP contribution is -2.22. The van der Waals surface area contributed by atoms with E-state index in [1.54, 1.807) is 12.1 Å². The first kappa shape index (κ1) is 16.2. The monoisotopic (exact) mass is 277 g/mol. The Morgan fingerprint density at radius 3 is 2.90 bits per heavy atom. The molecule has 0 atom stereocenters. The van der Waals surface area contributed by atoms with Gasteiger partial charge in [-0.1, -0.05) is 31.6 Å². The van der Waals surface area contributed by atoms with E-state index in [1.165, 1.54) is 6.07 Å². The maximum Gasteiger partial charge on any atom is 0.220 e. The summed E-state index contributed by atoms with van der Waals surface area (Å²) in [6.45, 7) is 2.00. The van der Waals surface area contributed by atoms with Gasteiger partial charge >= 0.3 is 0 Å². The van der Waals surface area contributed by atoms with Crippen molar-refractivity contribution in [2.24, 2.45) is 0 Å². The number of benzene rings is 1. The molecule has 0 aliphatic carbocycles. The summed E-state index contributed by atoms with van der Waals surface area (Å²) >= 11 is 0. The Balaban J connectivity index is 2.56. The lowest BCUT2D eigenvalue weighted by Gasteiger charge is -2.07. The van der Waals surface area contributed by atoms with Crippen LogP contribution < -0.4 is 5.32 Å². The molecule has 20 heavy (non-hydrogen) atoms. The fraction of sp³-hybridized carbons (Fsp3) is 0.438. The highest BCUT2D eigenvalue weighted by molar-refractivity contribution is 5.75. The smallest absolute Gasteiger partial charge is 0.220 e. The quantitative estimate of drug-likeness (QED) is 0.619. The van der Waals surface area contributed by atoms with Crippen molar-refractivity contribution < 1.29 is 14.3 Å². The van der Waals surface area contributed by atoms with Crippen molar-refractivity contribution in [3.8, 4) is 11.8 Å². The predicted octanol–water partition coefficient (Wildman–Crippen LogP) is 2.37. The number of aliphatic hydroxyl groups excluding tert-OH is 1. The molecule has 0 unspecified atom stereocenters. The molecular formula is C16H20FNO2. The topological polar surface area (TPSA) is 49.3 Å². The number of nitrogens with one attached hydrogen (secondary N) is 1. The summed E-state index contributed by atoms with van der Waals surface area (Å²) < 4.78 is 13.6. The summed E-state index contributed by atoms with van der Waals surface area (Å²) in [6, 6.07) is 4.45. The fourth-order valence-corrected chi connectivity index (χ4v) is 1.75. The molecule has 1 amide bonds. The average Bonchev–Trinajstić information content (AvgIpc) is 2.45. The molecule has 0 heterocycles. The van der Waals surface area contributed by atoms with Crippen molar-refractivity contribution in [2.75, 3.05) is 6.61 Å². The van der Waals surface area contributed by atoms with Crippen molar-refractivity contribution in [1.82, 2.24) is 5.32 Å². The van der Waals surface area contributed by atoms with E-state index in [1.807, 2.05) is 0 Å². The Bertz CT molecular complexity index is 503. The SMILES string of the molecule is CCCCCC(=O)NCc1cc(C#CCO)ccc1F. The molecule has 0 saturated carbocycles. The van der Waals surface area contributed by atoms with Crippen LogP contribution in [0.5, 0.6) is 0 Å². The zero-order chi connectivity index (χ0) is 14.8. The molecule has 0 aromatic heterocycles. The molecule has 0 radical (unpaired) electrons. The average molecular weight is 277 g/mol. The van der Waals surface area contributed by atoms with Gasteiger partial charge in [-0.2, -0.15) is 0 Å². The van der Waals surface area contributed by atoms with Gasteiger partial charge in [-0.3, -0.25) is 4.79 Å². The van der Waals surface area contributed by atoms with Crippen LogP contribution in [0.25, 0.3) is 0 Å². The Labute approximate surface area is 119 Å². The fourth-order valence-electron chi connectivity index (χ4n) is 1.75. The van der Waals surface area contributed by atoms with Gasteiger partial charge in [0.2, 0.25) is 5.91 Å². The van der Waals surface area contributed by atoms with E-state index in [0.29, 0.717) is 17.5 Å². The molecule has 3 nitrogen and oxygen atoms in total. The Morgan fingerprint density at radius 2 is 2.20 bits per heavy atom. The van der Waals surface area contributed by atoms with Gasteiger partial charge in [-0.25, -0.2) is 4.39 Å². The van der Waals surface area contributed by atoms with Crippen LogP contribution in [0.4, 0.5) is 4.39 Å². The largest absolute Gasteiger partial charge is 0.384 e. The van der Waals surface area contributed by atoms with Crippen molar-refractivity contribution in [1.29, 1.82) is 0 Å². The number of amides is 1. The number of aliphatic hydroxyl groups is 1. The highest BCUT2D eigenvalue weighted by Gasteiger charge is 2.05. The van der Waals surface area contributed by atoms with E-state index in [9.17, 15) is 9.18 Å². The lowest BCUT2D eigenvalue weighted by molar-refractivity contribution is -0.121. The van der Waals surface area contributed by atoms with Crippen LogP contribution in [0.3, 0.4) is 0 Å². The zero-order valence-electron chi connectivity index (χ0n) is 11.7. The van der Waals surface area contributed by atoms with Gasteiger partial charge in [-0.05, 0) is 24.6 Å².